The first-order valence-corrected chi connectivity index (χ1v) is 9.26. The van der Waals surface area contributed by atoms with Crippen LogP contribution in [0.15, 0.2) is 42.5 Å². The van der Waals surface area contributed by atoms with Crippen LogP contribution in [0.1, 0.15) is 15.9 Å². The van der Waals surface area contributed by atoms with Crippen LogP contribution in [0.25, 0.3) is 6.08 Å². The molecule has 0 amide bonds. The van der Waals surface area contributed by atoms with Gasteiger partial charge < -0.3 is 45.2 Å². The highest BCUT2D eigenvalue weighted by Crippen LogP contribution is 2.36. The third-order valence-corrected chi connectivity index (χ3v) is 4.72. The van der Waals surface area contributed by atoms with Gasteiger partial charge in [-0.3, -0.25) is 4.79 Å². The minimum atomic E-state index is -1.75. The second-order valence-corrected chi connectivity index (χ2v) is 6.94. The van der Waals surface area contributed by atoms with Crippen molar-refractivity contribution in [2.75, 3.05) is 6.61 Å². The molecule has 7 N–H and O–H groups in total. The lowest BCUT2D eigenvalue weighted by Gasteiger charge is -2.39. The van der Waals surface area contributed by atoms with E-state index in [0.29, 0.717) is 5.56 Å². The Morgan fingerprint density at radius 2 is 1.65 bits per heavy atom. The van der Waals surface area contributed by atoms with E-state index in [2.05, 4.69) is 0 Å². The summed E-state index contributed by atoms with van der Waals surface area (Å²) >= 11 is 0. The Morgan fingerprint density at radius 1 is 0.968 bits per heavy atom. The standard InChI is InChI=1S/C21H22O10/c22-9-16-18(27)19(28)20(29)21(31-16)30-15-8-12(24)7-14(26)17(15)13(25)6-3-10-1-4-11(23)5-2-10/h1-8,16,18-24,26-29H,9H2. The summed E-state index contributed by atoms with van der Waals surface area (Å²) < 4.78 is 10.7. The zero-order valence-corrected chi connectivity index (χ0v) is 16.1. The number of hydrogen-bond acceptors (Lipinski definition) is 10. The van der Waals surface area contributed by atoms with Gasteiger partial charge in [-0.2, -0.15) is 0 Å². The third kappa shape index (κ3) is 4.95. The van der Waals surface area contributed by atoms with Crippen molar-refractivity contribution in [3.05, 3.63) is 53.6 Å². The summed E-state index contributed by atoms with van der Waals surface area (Å²) in [5.41, 5.74) is 0.227. The molecule has 2 aromatic rings. The molecule has 1 saturated heterocycles. The number of aliphatic hydroxyl groups is 4. The first-order valence-electron chi connectivity index (χ1n) is 9.26. The summed E-state index contributed by atoms with van der Waals surface area (Å²) in [7, 11) is 0. The Labute approximate surface area is 176 Å². The van der Waals surface area contributed by atoms with E-state index in [1.54, 1.807) is 12.1 Å². The lowest BCUT2D eigenvalue weighted by Crippen LogP contribution is -2.60. The molecule has 0 saturated carbocycles. The molecular weight excluding hydrogens is 412 g/mol. The second-order valence-electron chi connectivity index (χ2n) is 6.94. The SMILES string of the molecule is O=C(C=Cc1ccc(O)cc1)c1c(O)cc(O)cc1OC1OC(CO)C(O)C(O)C1O. The van der Waals surface area contributed by atoms with E-state index in [4.69, 9.17) is 9.47 Å². The number of allylic oxidation sites excluding steroid dienone is 1. The molecule has 5 atom stereocenters. The minimum absolute atomic E-state index is 0.0508. The van der Waals surface area contributed by atoms with Crippen molar-refractivity contribution in [1.82, 2.24) is 0 Å². The fourth-order valence-electron chi connectivity index (χ4n) is 3.06. The average molecular weight is 434 g/mol. The number of hydrogen-bond donors (Lipinski definition) is 7. The monoisotopic (exact) mass is 434 g/mol. The maximum atomic E-state index is 12.7. The van der Waals surface area contributed by atoms with Gasteiger partial charge in [0.25, 0.3) is 0 Å². The molecule has 0 aliphatic carbocycles. The maximum absolute atomic E-state index is 12.7. The van der Waals surface area contributed by atoms with Gasteiger partial charge in [-0.05, 0) is 23.8 Å². The third-order valence-electron chi connectivity index (χ3n) is 4.72. The zero-order chi connectivity index (χ0) is 22.7. The van der Waals surface area contributed by atoms with E-state index in [1.165, 1.54) is 18.2 Å². The fourth-order valence-corrected chi connectivity index (χ4v) is 3.06. The molecule has 1 heterocycles. The Kier molecular flexibility index (Phi) is 6.78. The number of rotatable bonds is 6. The summed E-state index contributed by atoms with van der Waals surface area (Å²) in [6.45, 7) is -0.683. The van der Waals surface area contributed by atoms with Crippen molar-refractivity contribution in [2.24, 2.45) is 0 Å². The van der Waals surface area contributed by atoms with Gasteiger partial charge in [-0.1, -0.05) is 18.2 Å². The minimum Gasteiger partial charge on any atom is -0.508 e. The van der Waals surface area contributed by atoms with Crippen molar-refractivity contribution < 1.29 is 50.0 Å². The van der Waals surface area contributed by atoms with E-state index in [1.807, 2.05) is 0 Å². The van der Waals surface area contributed by atoms with Crippen molar-refractivity contribution in [1.29, 1.82) is 0 Å². The number of phenols is 3. The van der Waals surface area contributed by atoms with E-state index in [-0.39, 0.29) is 17.1 Å². The van der Waals surface area contributed by atoms with Crippen LogP contribution in [0.4, 0.5) is 0 Å². The van der Waals surface area contributed by atoms with Gasteiger partial charge in [0.05, 0.1) is 6.61 Å². The molecule has 1 aliphatic heterocycles. The van der Waals surface area contributed by atoms with Crippen LogP contribution in [0.3, 0.4) is 0 Å². The molecule has 166 valence electrons. The summed E-state index contributed by atoms with van der Waals surface area (Å²) in [4.78, 5) is 12.7. The highest BCUT2D eigenvalue weighted by Gasteiger charge is 2.45. The quantitative estimate of drug-likeness (QED) is 0.239. The Morgan fingerprint density at radius 3 is 2.29 bits per heavy atom. The largest absolute Gasteiger partial charge is 0.508 e. The zero-order valence-electron chi connectivity index (χ0n) is 16.1. The van der Waals surface area contributed by atoms with Crippen LogP contribution in [-0.2, 0) is 4.74 Å². The molecule has 0 aromatic heterocycles. The van der Waals surface area contributed by atoms with Gasteiger partial charge >= 0.3 is 0 Å². The second kappa shape index (κ2) is 9.33. The number of carbonyl (C=O) groups excluding carboxylic acids is 1. The number of phenolic OH excluding ortho intramolecular Hbond substituents is 3. The highest BCUT2D eigenvalue weighted by atomic mass is 16.7. The molecule has 10 nitrogen and oxygen atoms in total. The molecule has 0 spiro atoms. The van der Waals surface area contributed by atoms with Crippen molar-refractivity contribution in [2.45, 2.75) is 30.7 Å². The summed E-state index contributed by atoms with van der Waals surface area (Å²) in [6, 6.07) is 7.89. The molecule has 0 bridgehead atoms. The first-order chi connectivity index (χ1) is 14.7. The van der Waals surface area contributed by atoms with Gasteiger partial charge in [0.15, 0.2) is 5.78 Å². The number of aliphatic hydroxyl groups excluding tert-OH is 4. The number of carbonyl (C=O) groups is 1. The van der Waals surface area contributed by atoms with Gasteiger partial charge in [0.1, 0.15) is 53.0 Å². The molecule has 2 aromatic carbocycles. The number of ether oxygens (including phenoxy) is 2. The summed E-state index contributed by atoms with van der Waals surface area (Å²) in [5, 5.41) is 68.5. The Hall–Kier alpha value is -3.15. The normalized spacial score (nSPS) is 26.1. The predicted octanol–water partition coefficient (Wildman–Crippen LogP) is -0.122. The lowest BCUT2D eigenvalue weighted by molar-refractivity contribution is -0.277. The van der Waals surface area contributed by atoms with E-state index >= 15 is 0 Å². The lowest BCUT2D eigenvalue weighted by atomic mass is 9.99. The number of benzene rings is 2. The molecule has 3 rings (SSSR count). The van der Waals surface area contributed by atoms with E-state index in [0.717, 1.165) is 18.2 Å². The van der Waals surface area contributed by atoms with Gasteiger partial charge in [0, 0.05) is 12.1 Å². The number of aromatic hydroxyl groups is 3. The van der Waals surface area contributed by atoms with Crippen LogP contribution in [-0.4, -0.2) is 78.8 Å². The average Bonchev–Trinajstić information content (AvgIpc) is 2.73. The van der Waals surface area contributed by atoms with E-state index in [9.17, 15) is 40.5 Å². The summed E-state index contributed by atoms with van der Waals surface area (Å²) in [6.07, 6.45) is -5.39. The smallest absolute Gasteiger partial charge is 0.229 e. The van der Waals surface area contributed by atoms with Gasteiger partial charge in [0.2, 0.25) is 6.29 Å². The molecule has 5 unspecified atom stereocenters. The molecule has 0 radical (unpaired) electrons. The van der Waals surface area contributed by atoms with Crippen LogP contribution >= 0.6 is 0 Å². The van der Waals surface area contributed by atoms with Crippen molar-refractivity contribution in [3.63, 3.8) is 0 Å². The molecule has 31 heavy (non-hydrogen) atoms. The Balaban J connectivity index is 1.89. The molecule has 10 heteroatoms. The van der Waals surface area contributed by atoms with Crippen molar-refractivity contribution >= 4 is 11.9 Å². The van der Waals surface area contributed by atoms with Crippen LogP contribution in [0, 0.1) is 0 Å². The van der Waals surface area contributed by atoms with E-state index < -0.39 is 54.6 Å². The number of ketones is 1. The molecule has 1 fully saturated rings. The van der Waals surface area contributed by atoms with Crippen LogP contribution in [0.2, 0.25) is 0 Å². The Bertz CT molecular complexity index is 953. The van der Waals surface area contributed by atoms with Gasteiger partial charge in [-0.15, -0.1) is 0 Å². The van der Waals surface area contributed by atoms with Crippen molar-refractivity contribution in [3.8, 4) is 23.0 Å². The fraction of sp³-hybridized carbons (Fsp3) is 0.286. The first kappa shape index (κ1) is 22.5. The molecule has 1 aliphatic rings. The predicted molar refractivity (Wildman–Crippen MR) is 106 cm³/mol. The van der Waals surface area contributed by atoms with Crippen LogP contribution < -0.4 is 4.74 Å². The highest BCUT2D eigenvalue weighted by molar-refractivity contribution is 6.10. The molecular formula is C21H22O10. The van der Waals surface area contributed by atoms with Gasteiger partial charge in [-0.25, -0.2) is 0 Å². The summed E-state index contributed by atoms with van der Waals surface area (Å²) in [5.74, 6) is -2.08. The maximum Gasteiger partial charge on any atom is 0.229 e. The topological polar surface area (TPSA) is 177 Å². The van der Waals surface area contributed by atoms with Crippen LogP contribution in [0.5, 0.6) is 23.0 Å².